The summed E-state index contributed by atoms with van der Waals surface area (Å²) in [4.78, 5) is 11.0. The van der Waals surface area contributed by atoms with Gasteiger partial charge in [-0.25, -0.2) is 0 Å². The third-order valence-electron chi connectivity index (χ3n) is 2.64. The second-order valence-corrected chi connectivity index (χ2v) is 4.99. The summed E-state index contributed by atoms with van der Waals surface area (Å²) in [6.07, 6.45) is 11.9. The molecule has 0 aromatic carbocycles. The maximum Gasteiger partial charge on any atom is 0.203 e. The lowest BCUT2D eigenvalue weighted by atomic mass is 10.1. The van der Waals surface area contributed by atoms with Crippen LogP contribution in [0.3, 0.4) is 0 Å². The Hall–Kier alpha value is -0.490. The van der Waals surface area contributed by atoms with Crippen molar-refractivity contribution in [2.45, 2.75) is 71.1 Å². The van der Waals surface area contributed by atoms with E-state index in [1.54, 1.807) is 0 Å². The van der Waals surface area contributed by atoms with E-state index in [-0.39, 0.29) is 5.12 Å². The van der Waals surface area contributed by atoms with E-state index in [2.05, 4.69) is 6.92 Å². The Bertz CT molecular complexity index is 210. The highest BCUT2D eigenvalue weighted by Crippen LogP contribution is 2.12. The molecular formula is C13H23NOS. The first-order valence-corrected chi connectivity index (χ1v) is 7.21. The molecule has 2 nitrogen and oxygen atoms in total. The number of thiocyanates is 1. The Labute approximate surface area is 104 Å². The second-order valence-electron chi connectivity index (χ2n) is 4.14. The van der Waals surface area contributed by atoms with Crippen LogP contribution in [-0.2, 0) is 4.79 Å². The summed E-state index contributed by atoms with van der Waals surface area (Å²) in [6, 6.07) is 0. The van der Waals surface area contributed by atoms with Gasteiger partial charge in [0, 0.05) is 18.2 Å². The number of thioether (sulfide) groups is 1. The van der Waals surface area contributed by atoms with E-state index in [4.69, 9.17) is 5.26 Å². The molecule has 0 bridgehead atoms. The van der Waals surface area contributed by atoms with Gasteiger partial charge in [0.15, 0.2) is 0 Å². The maximum atomic E-state index is 11.0. The molecule has 0 saturated heterocycles. The van der Waals surface area contributed by atoms with Gasteiger partial charge in [-0.3, -0.25) is 4.79 Å². The minimum absolute atomic E-state index is 0.0189. The topological polar surface area (TPSA) is 40.9 Å². The predicted molar refractivity (Wildman–Crippen MR) is 70.1 cm³/mol. The summed E-state index contributed by atoms with van der Waals surface area (Å²) in [5.41, 5.74) is 0. The van der Waals surface area contributed by atoms with Gasteiger partial charge in [-0.15, -0.1) is 0 Å². The zero-order valence-corrected chi connectivity index (χ0v) is 11.2. The summed E-state index contributed by atoms with van der Waals surface area (Å²) < 4.78 is 0. The Balaban J connectivity index is 3.04. The monoisotopic (exact) mass is 241 g/mol. The third-order valence-corrected chi connectivity index (χ3v) is 3.17. The Kier molecular flexibility index (Phi) is 12.2. The van der Waals surface area contributed by atoms with Gasteiger partial charge in [0.2, 0.25) is 5.12 Å². The number of carbonyl (C=O) groups excluding carboxylic acids is 1. The summed E-state index contributed by atoms with van der Waals surface area (Å²) >= 11 is 0.775. The lowest BCUT2D eigenvalue weighted by Crippen LogP contribution is -1.89. The van der Waals surface area contributed by atoms with Crippen LogP contribution in [0.4, 0.5) is 0 Å². The number of rotatable bonds is 10. The van der Waals surface area contributed by atoms with Crippen LogP contribution in [0.15, 0.2) is 0 Å². The molecule has 0 aromatic heterocycles. The van der Waals surface area contributed by atoms with E-state index in [9.17, 15) is 4.79 Å². The number of hydrogen-bond acceptors (Lipinski definition) is 3. The fraction of sp³-hybridized carbons (Fsp3) is 0.846. The first-order valence-electron chi connectivity index (χ1n) is 6.40. The molecule has 16 heavy (non-hydrogen) atoms. The average Bonchev–Trinajstić information content (AvgIpc) is 2.27. The largest absolute Gasteiger partial charge is 0.286 e. The van der Waals surface area contributed by atoms with Crippen molar-refractivity contribution in [2.24, 2.45) is 0 Å². The first-order chi connectivity index (χ1) is 7.81. The van der Waals surface area contributed by atoms with Crippen molar-refractivity contribution in [3.63, 3.8) is 0 Å². The molecule has 0 rings (SSSR count). The molecule has 0 aliphatic heterocycles. The molecule has 0 fully saturated rings. The molecule has 0 aliphatic carbocycles. The van der Waals surface area contributed by atoms with Gasteiger partial charge >= 0.3 is 0 Å². The molecule has 92 valence electrons. The highest BCUT2D eigenvalue weighted by atomic mass is 32.2. The van der Waals surface area contributed by atoms with Crippen LogP contribution in [0, 0.1) is 10.7 Å². The van der Waals surface area contributed by atoms with Crippen molar-refractivity contribution in [3.05, 3.63) is 0 Å². The van der Waals surface area contributed by atoms with Crippen LogP contribution >= 0.6 is 11.8 Å². The molecule has 0 radical (unpaired) electrons. The van der Waals surface area contributed by atoms with Gasteiger partial charge in [-0.05, 0) is 6.42 Å². The Morgan fingerprint density at radius 2 is 1.50 bits per heavy atom. The molecule has 0 heterocycles. The van der Waals surface area contributed by atoms with Crippen molar-refractivity contribution in [2.75, 3.05) is 0 Å². The number of nitrogens with zero attached hydrogens (tertiary/aromatic N) is 1. The SMILES string of the molecule is CCCCCCCCCCCC(=O)SC#N. The van der Waals surface area contributed by atoms with Crippen LogP contribution in [0.1, 0.15) is 71.1 Å². The highest BCUT2D eigenvalue weighted by Gasteiger charge is 2.00. The van der Waals surface area contributed by atoms with E-state index < -0.39 is 0 Å². The minimum atomic E-state index is 0.0189. The van der Waals surface area contributed by atoms with Crippen LogP contribution in [-0.4, -0.2) is 5.12 Å². The lowest BCUT2D eigenvalue weighted by Gasteiger charge is -2.00. The number of carbonyl (C=O) groups is 1. The minimum Gasteiger partial charge on any atom is -0.286 e. The van der Waals surface area contributed by atoms with E-state index in [1.165, 1.54) is 44.9 Å². The number of nitriles is 1. The van der Waals surface area contributed by atoms with Crippen LogP contribution in [0.25, 0.3) is 0 Å². The van der Waals surface area contributed by atoms with Crippen molar-refractivity contribution < 1.29 is 4.79 Å². The summed E-state index contributed by atoms with van der Waals surface area (Å²) in [5.74, 6) is 0. The standard InChI is InChI=1S/C13H23NOS/c1-2-3-4-5-6-7-8-9-10-11-13(15)16-12-14/h2-11H2,1H3. The van der Waals surface area contributed by atoms with Gasteiger partial charge < -0.3 is 0 Å². The zero-order valence-electron chi connectivity index (χ0n) is 10.3. The quantitative estimate of drug-likeness (QED) is 0.413. The van der Waals surface area contributed by atoms with Crippen molar-refractivity contribution in [3.8, 4) is 5.40 Å². The third kappa shape index (κ3) is 11.6. The van der Waals surface area contributed by atoms with Gasteiger partial charge in [-0.1, -0.05) is 58.3 Å². The Morgan fingerprint density at radius 3 is 2.00 bits per heavy atom. The van der Waals surface area contributed by atoms with Crippen LogP contribution in [0.5, 0.6) is 0 Å². The molecule has 0 unspecified atom stereocenters. The molecule has 0 saturated carbocycles. The molecule has 0 aromatic rings. The summed E-state index contributed by atoms with van der Waals surface area (Å²) in [6.45, 7) is 2.23. The molecule has 0 N–H and O–H groups in total. The summed E-state index contributed by atoms with van der Waals surface area (Å²) in [7, 11) is 0. The van der Waals surface area contributed by atoms with Gasteiger partial charge in [0.25, 0.3) is 0 Å². The molecule has 0 aliphatic rings. The van der Waals surface area contributed by atoms with Gasteiger partial charge in [0.1, 0.15) is 5.40 Å². The molecule has 0 atom stereocenters. The summed E-state index contributed by atoms with van der Waals surface area (Å²) in [5, 5.41) is 10.1. The predicted octanol–water partition coefficient (Wildman–Crippen LogP) is 4.65. The normalized spacial score (nSPS) is 10.0. The molecule has 0 amide bonds. The van der Waals surface area contributed by atoms with Crippen molar-refractivity contribution in [1.82, 2.24) is 0 Å². The lowest BCUT2D eigenvalue weighted by molar-refractivity contribution is -0.111. The highest BCUT2D eigenvalue weighted by molar-refractivity contribution is 8.17. The molecule has 3 heteroatoms. The van der Waals surface area contributed by atoms with Crippen molar-refractivity contribution >= 4 is 16.9 Å². The molecular weight excluding hydrogens is 218 g/mol. The van der Waals surface area contributed by atoms with E-state index >= 15 is 0 Å². The van der Waals surface area contributed by atoms with E-state index in [0.717, 1.165) is 24.6 Å². The second kappa shape index (κ2) is 12.6. The van der Waals surface area contributed by atoms with Crippen LogP contribution < -0.4 is 0 Å². The van der Waals surface area contributed by atoms with E-state index in [0.29, 0.717) is 6.42 Å². The van der Waals surface area contributed by atoms with Gasteiger partial charge in [0.05, 0.1) is 0 Å². The number of hydrogen-bond donors (Lipinski definition) is 0. The Morgan fingerprint density at radius 1 is 1.00 bits per heavy atom. The van der Waals surface area contributed by atoms with Crippen LogP contribution in [0.2, 0.25) is 0 Å². The fourth-order valence-electron chi connectivity index (χ4n) is 1.68. The molecule has 0 spiro atoms. The number of unbranched alkanes of at least 4 members (excludes halogenated alkanes) is 8. The van der Waals surface area contributed by atoms with Crippen molar-refractivity contribution in [1.29, 1.82) is 5.26 Å². The smallest absolute Gasteiger partial charge is 0.203 e. The van der Waals surface area contributed by atoms with E-state index in [1.807, 2.05) is 5.40 Å². The van der Waals surface area contributed by atoms with Gasteiger partial charge in [-0.2, -0.15) is 5.26 Å². The zero-order chi connectivity index (χ0) is 12.1. The average molecular weight is 241 g/mol. The fourth-order valence-corrected chi connectivity index (χ4v) is 2.03. The first kappa shape index (κ1) is 15.5. The maximum absolute atomic E-state index is 11.0.